The Morgan fingerprint density at radius 3 is 2.78 bits per heavy atom. The molecule has 100 valence electrons. The molecule has 0 heterocycles. The Morgan fingerprint density at radius 2 is 2.17 bits per heavy atom. The summed E-state index contributed by atoms with van der Waals surface area (Å²) in [7, 11) is 1.61. The number of aliphatic hydroxyl groups is 1. The Kier molecular flexibility index (Phi) is 4.70. The number of nitrogens with one attached hydrogen (secondary N) is 1. The van der Waals surface area contributed by atoms with Crippen LogP contribution in [0, 0.1) is 5.92 Å². The fourth-order valence-electron chi connectivity index (χ4n) is 2.01. The maximum atomic E-state index is 8.79. The highest BCUT2D eigenvalue weighted by molar-refractivity contribution is 5.54. The van der Waals surface area contributed by atoms with Gasteiger partial charge in [0.1, 0.15) is 6.61 Å². The molecule has 4 heteroatoms. The summed E-state index contributed by atoms with van der Waals surface area (Å²) in [5.74, 6) is 2.18. The molecule has 1 saturated carbocycles. The molecule has 1 fully saturated rings. The van der Waals surface area contributed by atoms with E-state index in [1.54, 1.807) is 7.11 Å². The van der Waals surface area contributed by atoms with Crippen molar-refractivity contribution in [3.8, 4) is 11.5 Å². The fraction of sp³-hybridized carbons (Fsp3) is 0.571. The standard InChI is InChI=1S/C14H21NO3/c1-17-13-6-5-12(9-14(13)18-8-7-16)15-10-11-3-2-4-11/h5-6,9,11,15-16H,2-4,7-8,10H2,1H3. The van der Waals surface area contributed by atoms with Gasteiger partial charge in [-0.2, -0.15) is 0 Å². The Morgan fingerprint density at radius 1 is 1.33 bits per heavy atom. The highest BCUT2D eigenvalue weighted by atomic mass is 16.5. The summed E-state index contributed by atoms with van der Waals surface area (Å²) in [6.45, 7) is 1.30. The van der Waals surface area contributed by atoms with Gasteiger partial charge in [-0.25, -0.2) is 0 Å². The Balaban J connectivity index is 1.96. The minimum atomic E-state index is 0.00286. The van der Waals surface area contributed by atoms with E-state index in [1.165, 1.54) is 19.3 Å². The van der Waals surface area contributed by atoms with Crippen molar-refractivity contribution < 1.29 is 14.6 Å². The predicted octanol–water partition coefficient (Wildman–Crippen LogP) is 2.28. The van der Waals surface area contributed by atoms with Crippen LogP contribution < -0.4 is 14.8 Å². The molecule has 0 unspecified atom stereocenters. The molecule has 2 N–H and O–H groups in total. The van der Waals surface area contributed by atoms with E-state index in [2.05, 4.69) is 5.32 Å². The van der Waals surface area contributed by atoms with Gasteiger partial charge >= 0.3 is 0 Å². The van der Waals surface area contributed by atoms with Crippen molar-refractivity contribution in [3.05, 3.63) is 18.2 Å². The summed E-state index contributed by atoms with van der Waals surface area (Å²) in [5, 5.41) is 12.2. The van der Waals surface area contributed by atoms with Crippen LogP contribution in [0.1, 0.15) is 19.3 Å². The molecule has 1 aliphatic rings. The lowest BCUT2D eigenvalue weighted by Gasteiger charge is -2.26. The van der Waals surface area contributed by atoms with Crippen molar-refractivity contribution in [3.63, 3.8) is 0 Å². The zero-order valence-electron chi connectivity index (χ0n) is 10.8. The molecule has 0 aromatic heterocycles. The van der Waals surface area contributed by atoms with E-state index in [0.717, 1.165) is 18.2 Å². The van der Waals surface area contributed by atoms with Crippen molar-refractivity contribution in [2.24, 2.45) is 5.92 Å². The molecular weight excluding hydrogens is 230 g/mol. The maximum Gasteiger partial charge on any atom is 0.163 e. The van der Waals surface area contributed by atoms with Crippen LogP contribution in [0.3, 0.4) is 0 Å². The Hall–Kier alpha value is -1.42. The molecule has 4 nitrogen and oxygen atoms in total. The summed E-state index contributed by atoms with van der Waals surface area (Å²) in [6.07, 6.45) is 4.02. The SMILES string of the molecule is COc1ccc(NCC2CCC2)cc1OCCO. The van der Waals surface area contributed by atoms with Gasteiger partial charge in [-0.05, 0) is 30.9 Å². The van der Waals surface area contributed by atoms with Gasteiger partial charge in [-0.3, -0.25) is 0 Å². The molecule has 0 atom stereocenters. The molecule has 0 spiro atoms. The van der Waals surface area contributed by atoms with Gasteiger partial charge in [0.2, 0.25) is 0 Å². The van der Waals surface area contributed by atoms with Crippen LogP contribution >= 0.6 is 0 Å². The van der Waals surface area contributed by atoms with Crippen molar-refractivity contribution in [2.75, 3.05) is 32.2 Å². The van der Waals surface area contributed by atoms with E-state index in [9.17, 15) is 0 Å². The molecule has 0 saturated heterocycles. The Bertz CT molecular complexity index is 377. The van der Waals surface area contributed by atoms with Gasteiger partial charge < -0.3 is 19.9 Å². The first-order valence-corrected chi connectivity index (χ1v) is 6.49. The molecule has 0 aliphatic heterocycles. The number of aliphatic hydroxyl groups excluding tert-OH is 1. The molecule has 0 radical (unpaired) electrons. The molecule has 1 aliphatic carbocycles. The lowest BCUT2D eigenvalue weighted by molar-refractivity contribution is 0.196. The van der Waals surface area contributed by atoms with Crippen LogP contribution in [0.5, 0.6) is 11.5 Å². The zero-order chi connectivity index (χ0) is 12.8. The monoisotopic (exact) mass is 251 g/mol. The van der Waals surface area contributed by atoms with Crippen LogP contribution in [0.25, 0.3) is 0 Å². The summed E-state index contributed by atoms with van der Waals surface area (Å²) < 4.78 is 10.7. The zero-order valence-corrected chi connectivity index (χ0v) is 10.8. The summed E-state index contributed by atoms with van der Waals surface area (Å²) >= 11 is 0. The van der Waals surface area contributed by atoms with Crippen LogP contribution in [-0.4, -0.2) is 32.0 Å². The molecule has 1 aromatic carbocycles. The Labute approximate surface area is 108 Å². The predicted molar refractivity (Wildman–Crippen MR) is 71.4 cm³/mol. The number of rotatable bonds is 7. The van der Waals surface area contributed by atoms with E-state index in [0.29, 0.717) is 11.5 Å². The smallest absolute Gasteiger partial charge is 0.163 e. The lowest BCUT2D eigenvalue weighted by atomic mass is 9.85. The minimum Gasteiger partial charge on any atom is -0.493 e. The summed E-state index contributed by atoms with van der Waals surface area (Å²) in [5.41, 5.74) is 1.04. The highest BCUT2D eigenvalue weighted by Crippen LogP contribution is 2.31. The molecular formula is C14H21NO3. The van der Waals surface area contributed by atoms with Gasteiger partial charge in [0.05, 0.1) is 13.7 Å². The summed E-state index contributed by atoms with van der Waals surface area (Å²) in [6, 6.07) is 5.80. The number of hydrogen-bond acceptors (Lipinski definition) is 4. The first kappa shape index (κ1) is 13.0. The van der Waals surface area contributed by atoms with E-state index in [-0.39, 0.29) is 13.2 Å². The van der Waals surface area contributed by atoms with E-state index >= 15 is 0 Å². The molecule has 1 aromatic rings. The van der Waals surface area contributed by atoms with Crippen LogP contribution in [-0.2, 0) is 0 Å². The first-order chi connectivity index (χ1) is 8.83. The first-order valence-electron chi connectivity index (χ1n) is 6.49. The number of methoxy groups -OCH3 is 1. The van der Waals surface area contributed by atoms with Gasteiger partial charge in [-0.1, -0.05) is 6.42 Å². The van der Waals surface area contributed by atoms with Gasteiger partial charge in [0.15, 0.2) is 11.5 Å². The molecule has 0 bridgehead atoms. The van der Waals surface area contributed by atoms with Crippen LogP contribution in [0.15, 0.2) is 18.2 Å². The quantitative estimate of drug-likeness (QED) is 0.780. The van der Waals surface area contributed by atoms with Gasteiger partial charge in [0.25, 0.3) is 0 Å². The van der Waals surface area contributed by atoms with Crippen molar-refractivity contribution >= 4 is 5.69 Å². The van der Waals surface area contributed by atoms with Gasteiger partial charge in [-0.15, -0.1) is 0 Å². The second-order valence-corrected chi connectivity index (χ2v) is 4.62. The third kappa shape index (κ3) is 3.29. The molecule has 2 rings (SSSR count). The summed E-state index contributed by atoms with van der Waals surface area (Å²) in [4.78, 5) is 0. The number of benzene rings is 1. The second kappa shape index (κ2) is 6.50. The number of ether oxygens (including phenoxy) is 2. The third-order valence-corrected chi connectivity index (χ3v) is 3.33. The van der Waals surface area contributed by atoms with Crippen LogP contribution in [0.2, 0.25) is 0 Å². The number of hydrogen-bond donors (Lipinski definition) is 2. The van der Waals surface area contributed by atoms with E-state index < -0.39 is 0 Å². The molecule has 0 amide bonds. The largest absolute Gasteiger partial charge is 0.493 e. The average molecular weight is 251 g/mol. The maximum absolute atomic E-state index is 8.79. The van der Waals surface area contributed by atoms with Crippen LogP contribution in [0.4, 0.5) is 5.69 Å². The average Bonchev–Trinajstić information content (AvgIpc) is 2.34. The van der Waals surface area contributed by atoms with Crippen molar-refractivity contribution in [1.29, 1.82) is 0 Å². The number of anilines is 1. The van der Waals surface area contributed by atoms with E-state index in [1.807, 2.05) is 18.2 Å². The van der Waals surface area contributed by atoms with E-state index in [4.69, 9.17) is 14.6 Å². The lowest BCUT2D eigenvalue weighted by Crippen LogP contribution is -2.20. The highest BCUT2D eigenvalue weighted by Gasteiger charge is 2.16. The third-order valence-electron chi connectivity index (χ3n) is 3.33. The van der Waals surface area contributed by atoms with Gasteiger partial charge in [0, 0.05) is 18.3 Å². The van der Waals surface area contributed by atoms with Crippen molar-refractivity contribution in [2.45, 2.75) is 19.3 Å². The van der Waals surface area contributed by atoms with Crippen molar-refractivity contribution in [1.82, 2.24) is 0 Å². The second-order valence-electron chi connectivity index (χ2n) is 4.62. The fourth-order valence-corrected chi connectivity index (χ4v) is 2.01. The normalized spacial score (nSPS) is 15.0. The topological polar surface area (TPSA) is 50.7 Å². The minimum absolute atomic E-state index is 0.00286. The molecule has 18 heavy (non-hydrogen) atoms.